The van der Waals surface area contributed by atoms with Gasteiger partial charge in [-0.15, -0.1) is 0 Å². The number of nitrogens with one attached hydrogen (secondary N) is 3. The molecular weight excluding hydrogens is 457 g/mol. The molecule has 0 aliphatic carbocycles. The number of benzene rings is 2. The summed E-state index contributed by atoms with van der Waals surface area (Å²) in [5.74, 6) is 0. The number of rotatable bonds is 4. The molecule has 178 valence electrons. The fourth-order valence-electron chi connectivity index (χ4n) is 3.75. The molecule has 0 bridgehead atoms. The number of hydrogen-bond donors (Lipinski definition) is 3. The second kappa shape index (κ2) is 9.58. The van der Waals surface area contributed by atoms with E-state index in [1.54, 1.807) is 18.2 Å². The van der Waals surface area contributed by atoms with Crippen LogP contribution in [0.25, 0.3) is 0 Å². The molecule has 4 atom stereocenters. The summed E-state index contributed by atoms with van der Waals surface area (Å²) in [6, 6.07) is 11.5. The van der Waals surface area contributed by atoms with Crippen molar-refractivity contribution in [3.8, 4) is 6.07 Å². The fourth-order valence-corrected chi connectivity index (χ4v) is 3.75. The minimum absolute atomic E-state index is 0.00461. The maximum absolute atomic E-state index is 12.8. The third kappa shape index (κ3) is 5.38. The Balaban J connectivity index is 1.29. The van der Waals surface area contributed by atoms with Crippen LogP contribution in [-0.2, 0) is 20.4 Å². The molecule has 12 heteroatoms. The minimum atomic E-state index is -4.54. The quantitative estimate of drug-likeness (QED) is 0.621. The zero-order chi connectivity index (χ0) is 24.3. The molecule has 2 aliphatic heterocycles. The van der Waals surface area contributed by atoms with Crippen molar-refractivity contribution in [2.75, 3.05) is 23.8 Å². The highest BCUT2D eigenvalue weighted by Crippen LogP contribution is 2.31. The number of nitriles is 1. The summed E-state index contributed by atoms with van der Waals surface area (Å²) in [4.78, 5) is 24.5. The highest BCUT2D eigenvalue weighted by Gasteiger charge is 2.50. The lowest BCUT2D eigenvalue weighted by atomic mass is 10.1. The van der Waals surface area contributed by atoms with Gasteiger partial charge in [-0.2, -0.15) is 18.4 Å². The number of carbonyl (C=O) groups excluding carboxylic acids is 2. The average molecular weight is 476 g/mol. The molecule has 2 aromatic rings. The standard InChI is InChI=1S/C22H19F3N4O5/c23-22(24,25)13-4-2-6-15(8-13)28-21(31)34-17-11-33-18-16(10-32-19(17)18)29-20(30)27-14-5-1-3-12(7-14)9-26/h1-8,16-19H,10-11H2,(H,28,31)(H2,27,29,30)/t16-,17+,18+,19+/m0/s1. The normalized spacial score (nSPS) is 23.5. The van der Waals surface area contributed by atoms with E-state index in [4.69, 9.17) is 19.5 Å². The van der Waals surface area contributed by atoms with Crippen LogP contribution in [-0.4, -0.2) is 49.7 Å². The van der Waals surface area contributed by atoms with Gasteiger partial charge in [0, 0.05) is 11.4 Å². The highest BCUT2D eigenvalue weighted by atomic mass is 19.4. The summed E-state index contributed by atoms with van der Waals surface area (Å²) in [7, 11) is 0. The van der Waals surface area contributed by atoms with Crippen LogP contribution in [0.3, 0.4) is 0 Å². The van der Waals surface area contributed by atoms with E-state index in [1.807, 2.05) is 6.07 Å². The number of ether oxygens (including phenoxy) is 3. The van der Waals surface area contributed by atoms with E-state index in [2.05, 4.69) is 16.0 Å². The van der Waals surface area contributed by atoms with Crippen molar-refractivity contribution in [2.45, 2.75) is 30.5 Å². The zero-order valence-electron chi connectivity index (χ0n) is 17.5. The van der Waals surface area contributed by atoms with Gasteiger partial charge in [-0.25, -0.2) is 9.59 Å². The van der Waals surface area contributed by atoms with Gasteiger partial charge in [0.15, 0.2) is 6.10 Å². The topological polar surface area (TPSA) is 122 Å². The van der Waals surface area contributed by atoms with Crippen molar-refractivity contribution in [1.29, 1.82) is 5.26 Å². The molecule has 2 heterocycles. The Kier molecular flexibility index (Phi) is 6.58. The molecule has 3 amide bonds. The van der Waals surface area contributed by atoms with Crippen LogP contribution >= 0.6 is 0 Å². The summed E-state index contributed by atoms with van der Waals surface area (Å²) in [5, 5.41) is 16.6. The van der Waals surface area contributed by atoms with Crippen molar-refractivity contribution in [3.05, 3.63) is 59.7 Å². The molecule has 0 spiro atoms. The first-order valence-corrected chi connectivity index (χ1v) is 10.2. The number of anilines is 2. The van der Waals surface area contributed by atoms with Gasteiger partial charge in [0.1, 0.15) is 12.2 Å². The second-order valence-corrected chi connectivity index (χ2v) is 7.64. The largest absolute Gasteiger partial charge is 0.441 e. The Morgan fingerprint density at radius 1 is 1.00 bits per heavy atom. The molecule has 34 heavy (non-hydrogen) atoms. The van der Waals surface area contributed by atoms with E-state index in [0.717, 1.165) is 12.1 Å². The van der Waals surface area contributed by atoms with Crippen LogP contribution in [0, 0.1) is 11.3 Å². The molecule has 3 N–H and O–H groups in total. The molecule has 4 rings (SSSR count). The summed E-state index contributed by atoms with van der Waals surface area (Å²) in [6.07, 6.45) is -7.54. The SMILES string of the molecule is N#Cc1cccc(NC(=O)N[C@H]2CO[C@H]3[C@@H]2OC[C@H]3OC(=O)Nc2cccc(C(F)(F)F)c2)c1. The third-order valence-electron chi connectivity index (χ3n) is 5.27. The number of nitrogens with zero attached hydrogens (tertiary/aromatic N) is 1. The molecule has 0 unspecified atom stereocenters. The number of hydrogen-bond acceptors (Lipinski definition) is 6. The number of alkyl halides is 3. The van der Waals surface area contributed by atoms with Gasteiger partial charge in [-0.1, -0.05) is 12.1 Å². The third-order valence-corrected chi connectivity index (χ3v) is 5.27. The smallest absolute Gasteiger partial charge is 0.416 e. The number of fused-ring (bicyclic) bond motifs is 1. The van der Waals surface area contributed by atoms with Crippen LogP contribution in [0.4, 0.5) is 34.1 Å². The van der Waals surface area contributed by atoms with Gasteiger partial charge in [-0.3, -0.25) is 5.32 Å². The van der Waals surface area contributed by atoms with E-state index in [-0.39, 0.29) is 18.9 Å². The highest BCUT2D eigenvalue weighted by molar-refractivity contribution is 5.89. The summed E-state index contributed by atoms with van der Waals surface area (Å²) in [6.45, 7) is 0.103. The van der Waals surface area contributed by atoms with Gasteiger partial charge in [0.05, 0.1) is 36.5 Å². The molecule has 2 fully saturated rings. The first kappa shape index (κ1) is 23.3. The molecule has 2 aliphatic rings. The fraction of sp³-hybridized carbons (Fsp3) is 0.318. The zero-order valence-corrected chi connectivity index (χ0v) is 17.5. The van der Waals surface area contributed by atoms with Crippen molar-refractivity contribution < 1.29 is 37.0 Å². The van der Waals surface area contributed by atoms with Crippen LogP contribution in [0.5, 0.6) is 0 Å². The maximum Gasteiger partial charge on any atom is 0.416 e. The predicted octanol–water partition coefficient (Wildman–Crippen LogP) is 3.48. The molecule has 0 radical (unpaired) electrons. The Morgan fingerprint density at radius 3 is 2.44 bits per heavy atom. The van der Waals surface area contributed by atoms with Crippen LogP contribution in [0.2, 0.25) is 0 Å². The number of amides is 3. The summed E-state index contributed by atoms with van der Waals surface area (Å²) >= 11 is 0. The van der Waals surface area contributed by atoms with E-state index in [1.165, 1.54) is 18.2 Å². The van der Waals surface area contributed by atoms with Crippen molar-refractivity contribution >= 4 is 23.5 Å². The van der Waals surface area contributed by atoms with Gasteiger partial charge >= 0.3 is 18.3 Å². The van der Waals surface area contributed by atoms with Gasteiger partial charge in [-0.05, 0) is 36.4 Å². The van der Waals surface area contributed by atoms with Crippen LogP contribution in [0.15, 0.2) is 48.5 Å². The lowest BCUT2D eigenvalue weighted by Crippen LogP contribution is -2.46. The molecular formula is C22H19F3N4O5. The lowest BCUT2D eigenvalue weighted by Gasteiger charge is -2.18. The van der Waals surface area contributed by atoms with Crippen LogP contribution < -0.4 is 16.0 Å². The molecule has 0 aromatic heterocycles. The van der Waals surface area contributed by atoms with E-state index >= 15 is 0 Å². The Hall–Kier alpha value is -3.82. The Morgan fingerprint density at radius 2 is 1.71 bits per heavy atom. The summed E-state index contributed by atoms with van der Waals surface area (Å²) < 4.78 is 55.1. The van der Waals surface area contributed by atoms with Crippen molar-refractivity contribution in [3.63, 3.8) is 0 Å². The van der Waals surface area contributed by atoms with Crippen molar-refractivity contribution in [2.24, 2.45) is 0 Å². The van der Waals surface area contributed by atoms with Crippen molar-refractivity contribution in [1.82, 2.24) is 5.32 Å². The van der Waals surface area contributed by atoms with Gasteiger partial charge in [0.25, 0.3) is 0 Å². The lowest BCUT2D eigenvalue weighted by molar-refractivity contribution is -0.137. The monoisotopic (exact) mass is 476 g/mol. The predicted molar refractivity (Wildman–Crippen MR) is 112 cm³/mol. The number of halogens is 3. The average Bonchev–Trinajstić information content (AvgIpc) is 3.37. The first-order chi connectivity index (χ1) is 16.2. The molecule has 9 nitrogen and oxygen atoms in total. The van der Waals surface area contributed by atoms with E-state index in [0.29, 0.717) is 11.3 Å². The maximum atomic E-state index is 12.8. The number of carbonyl (C=O) groups is 2. The minimum Gasteiger partial charge on any atom is -0.441 e. The number of urea groups is 1. The molecule has 0 saturated carbocycles. The van der Waals surface area contributed by atoms with E-state index in [9.17, 15) is 22.8 Å². The Labute approximate surface area is 191 Å². The summed E-state index contributed by atoms with van der Waals surface area (Å²) in [5.41, 5.74) is -0.143. The van der Waals surface area contributed by atoms with Gasteiger partial charge in [0.2, 0.25) is 0 Å². The molecule has 2 saturated heterocycles. The van der Waals surface area contributed by atoms with Crippen LogP contribution in [0.1, 0.15) is 11.1 Å². The molecule has 2 aromatic carbocycles. The Bertz CT molecular complexity index is 1120. The van der Waals surface area contributed by atoms with Gasteiger partial charge < -0.3 is 24.8 Å². The second-order valence-electron chi connectivity index (χ2n) is 7.64. The first-order valence-electron chi connectivity index (χ1n) is 10.2. The van der Waals surface area contributed by atoms with E-state index < -0.39 is 48.2 Å².